The van der Waals surface area contributed by atoms with E-state index in [2.05, 4.69) is 38.3 Å². The molecule has 3 heteroatoms. The second-order valence-corrected chi connectivity index (χ2v) is 5.06. The summed E-state index contributed by atoms with van der Waals surface area (Å²) in [5.41, 5.74) is 0. The second-order valence-electron chi connectivity index (χ2n) is 5.06. The molecule has 0 aliphatic rings. The third-order valence-electron chi connectivity index (χ3n) is 2.68. The Morgan fingerprint density at radius 2 is 1.75 bits per heavy atom. The number of rotatable bonds is 8. The maximum absolute atomic E-state index is 11.7. The molecule has 0 aliphatic carbocycles. The SMILES string of the molecule is CCCC(C)NC(=O)C(C)NCCC(C)C. The average Bonchev–Trinajstić information content (AvgIpc) is 2.17. The molecule has 0 heterocycles. The van der Waals surface area contributed by atoms with E-state index >= 15 is 0 Å². The molecule has 2 atom stereocenters. The van der Waals surface area contributed by atoms with E-state index in [0.717, 1.165) is 25.8 Å². The van der Waals surface area contributed by atoms with Crippen molar-refractivity contribution in [2.45, 2.75) is 66.0 Å². The summed E-state index contributed by atoms with van der Waals surface area (Å²) in [6.45, 7) is 11.4. The largest absolute Gasteiger partial charge is 0.352 e. The number of hydrogen-bond acceptors (Lipinski definition) is 2. The average molecular weight is 228 g/mol. The Morgan fingerprint density at radius 1 is 1.12 bits per heavy atom. The van der Waals surface area contributed by atoms with Crippen molar-refractivity contribution in [3.05, 3.63) is 0 Å². The lowest BCUT2D eigenvalue weighted by atomic mass is 10.1. The lowest BCUT2D eigenvalue weighted by molar-refractivity contribution is -0.123. The van der Waals surface area contributed by atoms with Crippen LogP contribution < -0.4 is 10.6 Å². The van der Waals surface area contributed by atoms with Crippen molar-refractivity contribution in [2.75, 3.05) is 6.54 Å². The summed E-state index contributed by atoms with van der Waals surface area (Å²) < 4.78 is 0. The van der Waals surface area contributed by atoms with Gasteiger partial charge in [-0.2, -0.15) is 0 Å². The maximum atomic E-state index is 11.7. The van der Waals surface area contributed by atoms with Gasteiger partial charge in [-0.15, -0.1) is 0 Å². The van der Waals surface area contributed by atoms with Gasteiger partial charge in [-0.05, 0) is 39.2 Å². The molecule has 0 aliphatic heterocycles. The van der Waals surface area contributed by atoms with Crippen LogP contribution in [0.4, 0.5) is 0 Å². The van der Waals surface area contributed by atoms with Crippen LogP contribution >= 0.6 is 0 Å². The molecule has 0 aromatic rings. The molecule has 0 bridgehead atoms. The van der Waals surface area contributed by atoms with Crippen molar-refractivity contribution in [3.63, 3.8) is 0 Å². The summed E-state index contributed by atoms with van der Waals surface area (Å²) in [7, 11) is 0. The highest BCUT2D eigenvalue weighted by Crippen LogP contribution is 1.98. The summed E-state index contributed by atoms with van der Waals surface area (Å²) in [5, 5.41) is 6.27. The van der Waals surface area contributed by atoms with Crippen LogP contribution in [-0.2, 0) is 4.79 Å². The number of nitrogens with one attached hydrogen (secondary N) is 2. The molecule has 0 aromatic heterocycles. The molecule has 0 fully saturated rings. The minimum Gasteiger partial charge on any atom is -0.352 e. The van der Waals surface area contributed by atoms with E-state index in [1.807, 2.05) is 6.92 Å². The molecule has 0 aromatic carbocycles. The highest BCUT2D eigenvalue weighted by Gasteiger charge is 2.13. The fourth-order valence-electron chi connectivity index (χ4n) is 1.55. The minimum atomic E-state index is -0.0851. The molecular formula is C13H28N2O. The summed E-state index contributed by atoms with van der Waals surface area (Å²) in [6.07, 6.45) is 3.27. The fraction of sp³-hybridized carbons (Fsp3) is 0.923. The van der Waals surface area contributed by atoms with E-state index in [1.54, 1.807) is 0 Å². The molecular weight excluding hydrogens is 200 g/mol. The Labute approximate surface area is 100 Å². The van der Waals surface area contributed by atoms with Gasteiger partial charge in [0.25, 0.3) is 0 Å². The first-order chi connectivity index (χ1) is 7.47. The Kier molecular flexibility index (Phi) is 8.26. The molecule has 0 spiro atoms. The van der Waals surface area contributed by atoms with Crippen molar-refractivity contribution in [1.29, 1.82) is 0 Å². The normalized spacial score (nSPS) is 14.9. The van der Waals surface area contributed by atoms with Gasteiger partial charge in [0.15, 0.2) is 0 Å². The van der Waals surface area contributed by atoms with Gasteiger partial charge in [0.1, 0.15) is 0 Å². The van der Waals surface area contributed by atoms with Crippen molar-refractivity contribution in [2.24, 2.45) is 5.92 Å². The van der Waals surface area contributed by atoms with Crippen LogP contribution in [0.3, 0.4) is 0 Å². The monoisotopic (exact) mass is 228 g/mol. The number of hydrogen-bond donors (Lipinski definition) is 2. The van der Waals surface area contributed by atoms with Crippen molar-refractivity contribution >= 4 is 5.91 Å². The quantitative estimate of drug-likeness (QED) is 0.669. The van der Waals surface area contributed by atoms with Crippen molar-refractivity contribution in [1.82, 2.24) is 10.6 Å². The predicted molar refractivity (Wildman–Crippen MR) is 69.4 cm³/mol. The van der Waals surface area contributed by atoms with Crippen LogP contribution in [0.25, 0.3) is 0 Å². The number of amides is 1. The van der Waals surface area contributed by atoms with Gasteiger partial charge >= 0.3 is 0 Å². The van der Waals surface area contributed by atoms with Gasteiger partial charge in [-0.25, -0.2) is 0 Å². The molecule has 16 heavy (non-hydrogen) atoms. The predicted octanol–water partition coefficient (Wildman–Crippen LogP) is 2.32. The van der Waals surface area contributed by atoms with Crippen LogP contribution in [-0.4, -0.2) is 24.5 Å². The van der Waals surface area contributed by atoms with Gasteiger partial charge in [0.05, 0.1) is 6.04 Å². The van der Waals surface area contributed by atoms with E-state index in [1.165, 1.54) is 0 Å². The van der Waals surface area contributed by atoms with Crippen LogP contribution in [0.1, 0.15) is 53.9 Å². The van der Waals surface area contributed by atoms with Crippen LogP contribution in [0, 0.1) is 5.92 Å². The van der Waals surface area contributed by atoms with Crippen LogP contribution in [0.15, 0.2) is 0 Å². The van der Waals surface area contributed by atoms with Crippen molar-refractivity contribution < 1.29 is 4.79 Å². The highest BCUT2D eigenvalue weighted by atomic mass is 16.2. The van der Waals surface area contributed by atoms with Gasteiger partial charge in [0, 0.05) is 6.04 Å². The lowest BCUT2D eigenvalue weighted by Gasteiger charge is -2.18. The van der Waals surface area contributed by atoms with Gasteiger partial charge in [-0.1, -0.05) is 27.2 Å². The first kappa shape index (κ1) is 15.4. The van der Waals surface area contributed by atoms with E-state index in [0.29, 0.717) is 5.92 Å². The molecule has 0 rings (SSSR count). The van der Waals surface area contributed by atoms with Gasteiger partial charge < -0.3 is 10.6 Å². The van der Waals surface area contributed by atoms with E-state index in [-0.39, 0.29) is 18.0 Å². The molecule has 0 saturated carbocycles. The third kappa shape index (κ3) is 7.69. The molecule has 3 nitrogen and oxygen atoms in total. The van der Waals surface area contributed by atoms with Crippen molar-refractivity contribution in [3.8, 4) is 0 Å². The molecule has 0 saturated heterocycles. The Hall–Kier alpha value is -0.570. The molecule has 96 valence electrons. The molecule has 2 unspecified atom stereocenters. The zero-order valence-electron chi connectivity index (χ0n) is 11.5. The smallest absolute Gasteiger partial charge is 0.237 e. The Bertz CT molecular complexity index is 192. The van der Waals surface area contributed by atoms with Crippen LogP contribution in [0.5, 0.6) is 0 Å². The maximum Gasteiger partial charge on any atom is 0.237 e. The highest BCUT2D eigenvalue weighted by molar-refractivity contribution is 5.81. The van der Waals surface area contributed by atoms with Gasteiger partial charge in [-0.3, -0.25) is 4.79 Å². The first-order valence-corrected chi connectivity index (χ1v) is 6.51. The molecule has 1 amide bonds. The van der Waals surface area contributed by atoms with E-state index in [9.17, 15) is 4.79 Å². The van der Waals surface area contributed by atoms with E-state index in [4.69, 9.17) is 0 Å². The molecule has 2 N–H and O–H groups in total. The van der Waals surface area contributed by atoms with Gasteiger partial charge in [0.2, 0.25) is 5.91 Å². The fourth-order valence-corrected chi connectivity index (χ4v) is 1.55. The standard InChI is InChI=1S/C13H28N2O/c1-6-7-11(4)15-13(16)12(5)14-9-8-10(2)3/h10-12,14H,6-9H2,1-5H3,(H,15,16). The minimum absolute atomic E-state index is 0.0851. The first-order valence-electron chi connectivity index (χ1n) is 6.51. The summed E-state index contributed by atoms with van der Waals surface area (Å²) in [6, 6.07) is 0.199. The Balaban J connectivity index is 3.72. The van der Waals surface area contributed by atoms with Crippen LogP contribution in [0.2, 0.25) is 0 Å². The molecule has 0 radical (unpaired) electrons. The second kappa shape index (κ2) is 8.57. The topological polar surface area (TPSA) is 41.1 Å². The zero-order valence-corrected chi connectivity index (χ0v) is 11.5. The zero-order chi connectivity index (χ0) is 12.6. The van der Waals surface area contributed by atoms with E-state index < -0.39 is 0 Å². The summed E-state index contributed by atoms with van der Waals surface area (Å²) in [4.78, 5) is 11.7. The number of carbonyl (C=O) groups excluding carboxylic acids is 1. The third-order valence-corrected chi connectivity index (χ3v) is 2.68. The summed E-state index contributed by atoms with van der Waals surface area (Å²) >= 11 is 0. The summed E-state index contributed by atoms with van der Waals surface area (Å²) in [5.74, 6) is 0.798. The lowest BCUT2D eigenvalue weighted by Crippen LogP contribution is -2.45. The Morgan fingerprint density at radius 3 is 2.25 bits per heavy atom. The number of carbonyl (C=O) groups is 1.